The summed E-state index contributed by atoms with van der Waals surface area (Å²) in [5, 5.41) is 0. The van der Waals surface area contributed by atoms with Crippen molar-refractivity contribution >= 4 is 0 Å². The summed E-state index contributed by atoms with van der Waals surface area (Å²) in [5.41, 5.74) is 3.42. The summed E-state index contributed by atoms with van der Waals surface area (Å²) in [6.45, 7) is 3.99. The quantitative estimate of drug-likeness (QED) is 0.721. The van der Waals surface area contributed by atoms with E-state index in [0.717, 1.165) is 5.57 Å². The lowest BCUT2D eigenvalue weighted by Gasteiger charge is -2.31. The molecule has 92 valence electrons. The maximum atomic E-state index is 3.99. The van der Waals surface area contributed by atoms with Crippen molar-refractivity contribution in [1.29, 1.82) is 0 Å². The number of rotatable bonds is 2. The molecule has 1 aliphatic rings. The molecule has 19 heavy (non-hydrogen) atoms. The molecule has 0 spiro atoms. The highest BCUT2D eigenvalue weighted by Gasteiger charge is 2.29. The zero-order chi connectivity index (χ0) is 13.1. The number of benzene rings is 2. The minimum Gasteiger partial charge on any atom is -0.0918 e. The molecule has 0 fully saturated rings. The SMILES string of the molecule is C=C1C=CC(c2ccccc2)(c2ccccc2)C=C1. The van der Waals surface area contributed by atoms with Gasteiger partial charge in [0.05, 0.1) is 5.41 Å². The third kappa shape index (κ3) is 2.06. The van der Waals surface area contributed by atoms with E-state index < -0.39 is 0 Å². The van der Waals surface area contributed by atoms with Crippen LogP contribution in [0.4, 0.5) is 0 Å². The van der Waals surface area contributed by atoms with Crippen molar-refractivity contribution in [3.63, 3.8) is 0 Å². The molecule has 0 N–H and O–H groups in total. The Bertz CT molecular complexity index is 573. The minimum atomic E-state index is -0.177. The van der Waals surface area contributed by atoms with Gasteiger partial charge in [-0.3, -0.25) is 0 Å². The molecule has 0 aromatic heterocycles. The Morgan fingerprint density at radius 2 is 1.05 bits per heavy atom. The lowest BCUT2D eigenvalue weighted by Crippen LogP contribution is -2.23. The summed E-state index contributed by atoms with van der Waals surface area (Å²) in [4.78, 5) is 0. The summed E-state index contributed by atoms with van der Waals surface area (Å²) in [6, 6.07) is 21.2. The van der Waals surface area contributed by atoms with Crippen molar-refractivity contribution < 1.29 is 0 Å². The highest BCUT2D eigenvalue weighted by atomic mass is 14.3. The Hall–Kier alpha value is -2.34. The van der Waals surface area contributed by atoms with E-state index in [2.05, 4.69) is 91.5 Å². The third-order valence-corrected chi connectivity index (χ3v) is 3.62. The van der Waals surface area contributed by atoms with Gasteiger partial charge >= 0.3 is 0 Å². The molecule has 0 saturated carbocycles. The molecule has 0 unspecified atom stereocenters. The molecular formula is C19H16. The standard InChI is InChI=1S/C19H16/c1-16-12-14-19(15-13-16,17-8-4-2-5-9-17)18-10-6-3-7-11-18/h2-15H,1H2. The fourth-order valence-corrected chi connectivity index (χ4v) is 2.57. The predicted molar refractivity (Wildman–Crippen MR) is 81.1 cm³/mol. The van der Waals surface area contributed by atoms with Gasteiger partial charge in [0, 0.05) is 0 Å². The van der Waals surface area contributed by atoms with Gasteiger partial charge in [-0.05, 0) is 16.7 Å². The van der Waals surface area contributed by atoms with Gasteiger partial charge in [0.15, 0.2) is 0 Å². The predicted octanol–water partition coefficient (Wildman–Crippen LogP) is 4.65. The second-order valence-corrected chi connectivity index (χ2v) is 4.84. The Morgan fingerprint density at radius 3 is 1.47 bits per heavy atom. The van der Waals surface area contributed by atoms with Gasteiger partial charge in [-0.15, -0.1) is 0 Å². The Morgan fingerprint density at radius 1 is 0.632 bits per heavy atom. The van der Waals surface area contributed by atoms with Crippen LogP contribution >= 0.6 is 0 Å². The van der Waals surface area contributed by atoms with Crippen LogP contribution in [0.1, 0.15) is 11.1 Å². The second kappa shape index (κ2) is 4.74. The third-order valence-electron chi connectivity index (χ3n) is 3.62. The summed E-state index contributed by atoms with van der Waals surface area (Å²) < 4.78 is 0. The highest BCUT2D eigenvalue weighted by Crippen LogP contribution is 2.37. The topological polar surface area (TPSA) is 0 Å². The smallest absolute Gasteiger partial charge is 0.0569 e. The van der Waals surface area contributed by atoms with Crippen LogP contribution in [-0.2, 0) is 5.41 Å². The van der Waals surface area contributed by atoms with Crippen LogP contribution in [0.3, 0.4) is 0 Å². The van der Waals surface area contributed by atoms with Gasteiger partial charge in [-0.1, -0.05) is 91.5 Å². The first-order valence-electron chi connectivity index (χ1n) is 6.50. The van der Waals surface area contributed by atoms with Gasteiger partial charge < -0.3 is 0 Å². The first kappa shape index (κ1) is 11.7. The van der Waals surface area contributed by atoms with Crippen LogP contribution in [0.2, 0.25) is 0 Å². The van der Waals surface area contributed by atoms with E-state index >= 15 is 0 Å². The Kier molecular flexibility index (Phi) is 2.92. The van der Waals surface area contributed by atoms with E-state index in [1.54, 1.807) is 0 Å². The monoisotopic (exact) mass is 244 g/mol. The zero-order valence-corrected chi connectivity index (χ0v) is 10.8. The summed E-state index contributed by atoms with van der Waals surface area (Å²) in [7, 11) is 0. The van der Waals surface area contributed by atoms with Gasteiger partial charge in [-0.2, -0.15) is 0 Å². The van der Waals surface area contributed by atoms with Gasteiger partial charge in [0.2, 0.25) is 0 Å². The van der Waals surface area contributed by atoms with Gasteiger partial charge in [-0.25, -0.2) is 0 Å². The fourth-order valence-electron chi connectivity index (χ4n) is 2.57. The van der Waals surface area contributed by atoms with E-state index in [0.29, 0.717) is 0 Å². The Balaban J connectivity index is 2.21. The van der Waals surface area contributed by atoms with Crippen LogP contribution < -0.4 is 0 Å². The summed E-state index contributed by atoms with van der Waals surface area (Å²) in [6.07, 6.45) is 8.67. The molecule has 0 heterocycles. The average molecular weight is 244 g/mol. The summed E-state index contributed by atoms with van der Waals surface area (Å²) in [5.74, 6) is 0. The molecule has 3 rings (SSSR count). The second-order valence-electron chi connectivity index (χ2n) is 4.84. The molecule has 0 amide bonds. The van der Waals surface area contributed by atoms with Crippen LogP contribution in [0, 0.1) is 0 Å². The lowest BCUT2D eigenvalue weighted by molar-refractivity contribution is 0.807. The Labute approximate surface area is 114 Å². The number of allylic oxidation sites excluding steroid dienone is 5. The fraction of sp³-hybridized carbons (Fsp3) is 0.0526. The average Bonchev–Trinajstić information content (AvgIpc) is 2.50. The molecule has 0 heteroatoms. The van der Waals surface area contributed by atoms with Crippen LogP contribution in [0.5, 0.6) is 0 Å². The minimum absolute atomic E-state index is 0.177. The maximum absolute atomic E-state index is 3.99. The molecule has 0 atom stereocenters. The van der Waals surface area contributed by atoms with Crippen molar-refractivity contribution in [1.82, 2.24) is 0 Å². The molecule has 1 aliphatic carbocycles. The summed E-state index contributed by atoms with van der Waals surface area (Å²) >= 11 is 0. The molecule has 0 bridgehead atoms. The largest absolute Gasteiger partial charge is 0.0918 e. The van der Waals surface area contributed by atoms with Gasteiger partial charge in [0.1, 0.15) is 0 Å². The highest BCUT2D eigenvalue weighted by molar-refractivity contribution is 5.54. The molecular weight excluding hydrogens is 228 g/mol. The first-order valence-corrected chi connectivity index (χ1v) is 6.50. The molecule has 0 saturated heterocycles. The number of hydrogen-bond donors (Lipinski definition) is 0. The van der Waals surface area contributed by atoms with Gasteiger partial charge in [0.25, 0.3) is 0 Å². The lowest BCUT2D eigenvalue weighted by atomic mass is 9.72. The zero-order valence-electron chi connectivity index (χ0n) is 10.8. The normalized spacial score (nSPS) is 16.5. The van der Waals surface area contributed by atoms with Crippen molar-refractivity contribution in [2.24, 2.45) is 0 Å². The van der Waals surface area contributed by atoms with Crippen molar-refractivity contribution in [3.05, 3.63) is 108 Å². The first-order chi connectivity index (χ1) is 9.31. The number of hydrogen-bond acceptors (Lipinski definition) is 0. The van der Waals surface area contributed by atoms with E-state index in [9.17, 15) is 0 Å². The van der Waals surface area contributed by atoms with Crippen molar-refractivity contribution in [3.8, 4) is 0 Å². The molecule has 2 aromatic rings. The molecule has 0 aliphatic heterocycles. The molecule has 0 radical (unpaired) electrons. The maximum Gasteiger partial charge on any atom is 0.0569 e. The van der Waals surface area contributed by atoms with Crippen LogP contribution in [-0.4, -0.2) is 0 Å². The van der Waals surface area contributed by atoms with E-state index in [-0.39, 0.29) is 5.41 Å². The van der Waals surface area contributed by atoms with E-state index in [4.69, 9.17) is 0 Å². The van der Waals surface area contributed by atoms with E-state index in [1.165, 1.54) is 11.1 Å². The molecule has 0 nitrogen and oxygen atoms in total. The van der Waals surface area contributed by atoms with E-state index in [1.807, 2.05) is 0 Å². The van der Waals surface area contributed by atoms with Crippen molar-refractivity contribution in [2.75, 3.05) is 0 Å². The van der Waals surface area contributed by atoms with Crippen LogP contribution in [0.15, 0.2) is 97.1 Å². The van der Waals surface area contributed by atoms with Crippen molar-refractivity contribution in [2.45, 2.75) is 5.41 Å². The van der Waals surface area contributed by atoms with Crippen LogP contribution in [0.25, 0.3) is 0 Å². The molecule has 2 aromatic carbocycles.